The minimum absolute atomic E-state index is 0.270. The Hall–Kier alpha value is -1.36. The molecular weight excluding hydrogens is 240 g/mol. The largest absolute Gasteiger partial charge is 0.493 e. The molecule has 0 saturated carbocycles. The Morgan fingerprint density at radius 1 is 1.47 bits per heavy atom. The molecule has 1 atom stereocenters. The average Bonchev–Trinajstić information content (AvgIpc) is 2.72. The second-order valence-electron chi connectivity index (χ2n) is 3.97. The van der Waals surface area contributed by atoms with E-state index in [9.17, 15) is 9.00 Å². The Balaban J connectivity index is 1.91. The van der Waals surface area contributed by atoms with Gasteiger partial charge in [0.25, 0.3) is 0 Å². The maximum absolute atomic E-state index is 11.4. The highest BCUT2D eigenvalue weighted by Crippen LogP contribution is 2.25. The van der Waals surface area contributed by atoms with Gasteiger partial charge in [-0.05, 0) is 23.6 Å². The number of carboxylic acid groups (broad SMARTS) is 1. The molecule has 17 heavy (non-hydrogen) atoms. The summed E-state index contributed by atoms with van der Waals surface area (Å²) in [6.07, 6.45) is 1.56. The van der Waals surface area contributed by atoms with Gasteiger partial charge in [-0.2, -0.15) is 0 Å². The summed E-state index contributed by atoms with van der Waals surface area (Å²) in [6.45, 7) is 0.726. The Labute approximate surface area is 102 Å². The molecule has 0 spiro atoms. The van der Waals surface area contributed by atoms with Crippen LogP contribution in [0.4, 0.5) is 0 Å². The SMILES string of the molecule is O=C(O)CS(=O)CCc1ccc2c(c1)CCO2. The monoisotopic (exact) mass is 254 g/mol. The van der Waals surface area contributed by atoms with Gasteiger partial charge in [-0.1, -0.05) is 12.1 Å². The summed E-state index contributed by atoms with van der Waals surface area (Å²) < 4.78 is 16.8. The zero-order valence-corrected chi connectivity index (χ0v) is 10.2. The molecule has 92 valence electrons. The van der Waals surface area contributed by atoms with Gasteiger partial charge in [-0.3, -0.25) is 9.00 Å². The van der Waals surface area contributed by atoms with E-state index in [2.05, 4.69) is 6.07 Å². The fourth-order valence-corrected chi connectivity index (χ4v) is 2.72. The van der Waals surface area contributed by atoms with Crippen molar-refractivity contribution in [1.29, 1.82) is 0 Å². The molecular formula is C12H14O4S. The van der Waals surface area contributed by atoms with Crippen LogP contribution < -0.4 is 4.74 Å². The molecule has 0 fully saturated rings. The van der Waals surface area contributed by atoms with Gasteiger partial charge >= 0.3 is 5.97 Å². The number of benzene rings is 1. The van der Waals surface area contributed by atoms with E-state index in [0.29, 0.717) is 12.2 Å². The van der Waals surface area contributed by atoms with Crippen molar-refractivity contribution in [1.82, 2.24) is 0 Å². The summed E-state index contributed by atoms with van der Waals surface area (Å²) in [5.41, 5.74) is 2.28. The van der Waals surface area contributed by atoms with Gasteiger partial charge in [0.2, 0.25) is 0 Å². The van der Waals surface area contributed by atoms with E-state index in [0.717, 1.165) is 24.3 Å². The highest BCUT2D eigenvalue weighted by atomic mass is 32.2. The lowest BCUT2D eigenvalue weighted by Crippen LogP contribution is -2.13. The van der Waals surface area contributed by atoms with Crippen LogP contribution in [0.5, 0.6) is 5.75 Å². The third kappa shape index (κ3) is 3.30. The molecule has 1 aromatic carbocycles. The number of rotatable bonds is 5. The smallest absolute Gasteiger partial charge is 0.316 e. The third-order valence-electron chi connectivity index (χ3n) is 2.66. The van der Waals surface area contributed by atoms with Crippen LogP contribution in [0, 0.1) is 0 Å². The maximum atomic E-state index is 11.4. The lowest BCUT2D eigenvalue weighted by Gasteiger charge is -2.03. The average molecular weight is 254 g/mol. The molecule has 1 N–H and O–H groups in total. The van der Waals surface area contributed by atoms with Crippen molar-refractivity contribution in [2.75, 3.05) is 18.1 Å². The van der Waals surface area contributed by atoms with E-state index in [-0.39, 0.29) is 5.75 Å². The Bertz CT molecular complexity index is 456. The van der Waals surface area contributed by atoms with Crippen LogP contribution in [0.3, 0.4) is 0 Å². The fraction of sp³-hybridized carbons (Fsp3) is 0.417. The number of fused-ring (bicyclic) bond motifs is 1. The molecule has 0 radical (unpaired) electrons. The van der Waals surface area contributed by atoms with E-state index in [4.69, 9.17) is 9.84 Å². The van der Waals surface area contributed by atoms with Gasteiger partial charge < -0.3 is 9.84 Å². The van der Waals surface area contributed by atoms with Crippen LogP contribution in [0.2, 0.25) is 0 Å². The zero-order chi connectivity index (χ0) is 12.3. The van der Waals surface area contributed by atoms with Crippen LogP contribution in [0.25, 0.3) is 0 Å². The van der Waals surface area contributed by atoms with Crippen LogP contribution in [0.15, 0.2) is 18.2 Å². The summed E-state index contributed by atoms with van der Waals surface area (Å²) in [6, 6.07) is 5.93. The molecule has 0 aliphatic carbocycles. The molecule has 0 aromatic heterocycles. The number of carboxylic acids is 1. The van der Waals surface area contributed by atoms with Crippen LogP contribution in [-0.4, -0.2) is 33.4 Å². The first kappa shape index (κ1) is 12.1. The predicted molar refractivity (Wildman–Crippen MR) is 64.9 cm³/mol. The summed E-state index contributed by atoms with van der Waals surface area (Å²) >= 11 is 0. The Kier molecular flexibility index (Phi) is 3.78. The first-order valence-corrected chi connectivity index (χ1v) is 6.95. The first-order chi connectivity index (χ1) is 8.15. The van der Waals surface area contributed by atoms with Gasteiger partial charge in [0.1, 0.15) is 11.5 Å². The number of hydrogen-bond donors (Lipinski definition) is 1. The van der Waals surface area contributed by atoms with E-state index in [1.807, 2.05) is 12.1 Å². The van der Waals surface area contributed by atoms with Gasteiger partial charge in [0.15, 0.2) is 0 Å². The summed E-state index contributed by atoms with van der Waals surface area (Å²) in [4.78, 5) is 10.4. The van der Waals surface area contributed by atoms with Gasteiger partial charge in [-0.25, -0.2) is 0 Å². The molecule has 1 heterocycles. The lowest BCUT2D eigenvalue weighted by molar-refractivity contribution is -0.133. The minimum atomic E-state index is -1.28. The molecule has 0 amide bonds. The normalized spacial score (nSPS) is 15.1. The number of aryl methyl sites for hydroxylation is 1. The molecule has 1 aliphatic heterocycles. The van der Waals surface area contributed by atoms with E-state index >= 15 is 0 Å². The summed E-state index contributed by atoms with van der Waals surface area (Å²) in [5.74, 6) is 0.0473. The number of aliphatic carboxylic acids is 1. The molecule has 0 bridgehead atoms. The molecule has 0 saturated heterocycles. The molecule has 1 aliphatic rings. The van der Waals surface area contributed by atoms with Crippen molar-refractivity contribution in [3.63, 3.8) is 0 Å². The fourth-order valence-electron chi connectivity index (χ4n) is 1.84. The summed E-state index contributed by atoms with van der Waals surface area (Å²) in [7, 11) is -1.28. The first-order valence-electron chi connectivity index (χ1n) is 5.46. The third-order valence-corrected chi connectivity index (χ3v) is 3.89. The number of ether oxygens (including phenoxy) is 1. The van der Waals surface area contributed by atoms with Crippen molar-refractivity contribution >= 4 is 16.8 Å². The second-order valence-corrected chi connectivity index (χ2v) is 5.55. The number of hydrogen-bond acceptors (Lipinski definition) is 3. The molecule has 1 unspecified atom stereocenters. The predicted octanol–water partition coefficient (Wildman–Crippen LogP) is 0.997. The lowest BCUT2D eigenvalue weighted by atomic mass is 10.1. The molecule has 4 nitrogen and oxygen atoms in total. The van der Waals surface area contributed by atoms with Gasteiger partial charge in [0, 0.05) is 23.0 Å². The minimum Gasteiger partial charge on any atom is -0.493 e. The Morgan fingerprint density at radius 2 is 2.29 bits per heavy atom. The van der Waals surface area contributed by atoms with Crippen molar-refractivity contribution < 1.29 is 18.8 Å². The van der Waals surface area contributed by atoms with Gasteiger partial charge in [-0.15, -0.1) is 0 Å². The van der Waals surface area contributed by atoms with E-state index < -0.39 is 16.8 Å². The van der Waals surface area contributed by atoms with Gasteiger partial charge in [0.05, 0.1) is 6.61 Å². The van der Waals surface area contributed by atoms with E-state index in [1.165, 1.54) is 5.56 Å². The zero-order valence-electron chi connectivity index (χ0n) is 9.35. The van der Waals surface area contributed by atoms with Crippen molar-refractivity contribution in [3.05, 3.63) is 29.3 Å². The molecule has 5 heteroatoms. The quantitative estimate of drug-likeness (QED) is 0.851. The topological polar surface area (TPSA) is 63.6 Å². The van der Waals surface area contributed by atoms with E-state index in [1.54, 1.807) is 0 Å². The number of carbonyl (C=O) groups is 1. The van der Waals surface area contributed by atoms with Crippen LogP contribution in [-0.2, 0) is 28.4 Å². The van der Waals surface area contributed by atoms with Crippen molar-refractivity contribution in [3.8, 4) is 5.75 Å². The van der Waals surface area contributed by atoms with Crippen molar-refractivity contribution in [2.24, 2.45) is 0 Å². The van der Waals surface area contributed by atoms with Crippen molar-refractivity contribution in [2.45, 2.75) is 12.8 Å². The highest BCUT2D eigenvalue weighted by Gasteiger charge is 2.12. The summed E-state index contributed by atoms with van der Waals surface area (Å²) in [5, 5.41) is 8.50. The standard InChI is InChI=1S/C12H14O4S/c13-12(14)8-17(15)6-4-9-1-2-11-10(7-9)3-5-16-11/h1-2,7H,3-6,8H2,(H,13,14). The highest BCUT2D eigenvalue weighted by molar-refractivity contribution is 7.85. The maximum Gasteiger partial charge on any atom is 0.316 e. The van der Waals surface area contributed by atoms with Crippen LogP contribution in [0.1, 0.15) is 11.1 Å². The van der Waals surface area contributed by atoms with Crippen LogP contribution >= 0.6 is 0 Å². The Morgan fingerprint density at radius 3 is 3.06 bits per heavy atom. The molecule has 2 rings (SSSR count). The molecule has 1 aromatic rings. The second kappa shape index (κ2) is 5.31.